The number of nitrogens with zero attached hydrogens (tertiary/aromatic N) is 2. The molecular formula is C27H33N5O4. The molecule has 190 valence electrons. The molecular weight excluding hydrogens is 458 g/mol. The first-order valence-electron chi connectivity index (χ1n) is 12.5. The fraction of sp³-hybridized carbons (Fsp3) is 0.444. The Labute approximate surface area is 211 Å². The van der Waals surface area contributed by atoms with Gasteiger partial charge in [-0.3, -0.25) is 29.1 Å². The van der Waals surface area contributed by atoms with Crippen molar-refractivity contribution in [3.8, 4) is 0 Å². The second kappa shape index (κ2) is 10.9. The predicted octanol–water partition coefficient (Wildman–Crippen LogP) is 1.64. The van der Waals surface area contributed by atoms with Gasteiger partial charge in [0.2, 0.25) is 23.6 Å². The minimum atomic E-state index is -0.801. The average molecular weight is 492 g/mol. The molecule has 36 heavy (non-hydrogen) atoms. The summed E-state index contributed by atoms with van der Waals surface area (Å²) in [6.07, 6.45) is 5.46. The first-order valence-corrected chi connectivity index (χ1v) is 12.5. The van der Waals surface area contributed by atoms with E-state index in [1.807, 2.05) is 38.1 Å². The minimum Gasteiger partial charge on any atom is -0.350 e. The number of aromatic nitrogens is 1. The van der Waals surface area contributed by atoms with Crippen LogP contribution in [-0.4, -0.2) is 46.7 Å². The van der Waals surface area contributed by atoms with E-state index in [1.54, 1.807) is 23.4 Å². The van der Waals surface area contributed by atoms with Gasteiger partial charge in [-0.1, -0.05) is 44.5 Å². The lowest BCUT2D eigenvalue weighted by atomic mass is 9.97. The molecule has 2 aliphatic rings. The zero-order chi connectivity index (χ0) is 25.8. The molecule has 0 radical (unpaired) electrons. The smallest absolute Gasteiger partial charge is 0.250 e. The predicted molar refractivity (Wildman–Crippen MR) is 135 cm³/mol. The van der Waals surface area contributed by atoms with E-state index in [4.69, 9.17) is 0 Å². The number of hydrogen-bond acceptors (Lipinski definition) is 5. The van der Waals surface area contributed by atoms with Crippen LogP contribution in [-0.2, 0) is 38.6 Å². The monoisotopic (exact) mass is 491 g/mol. The second-order valence-corrected chi connectivity index (χ2v) is 9.60. The van der Waals surface area contributed by atoms with Gasteiger partial charge in [0, 0.05) is 32.3 Å². The number of benzene rings is 1. The number of hydrogen-bond donors (Lipinski definition) is 3. The molecule has 4 atom stereocenters. The summed E-state index contributed by atoms with van der Waals surface area (Å²) in [6, 6.07) is 7.30. The van der Waals surface area contributed by atoms with Crippen molar-refractivity contribution in [3.63, 3.8) is 0 Å². The molecule has 0 unspecified atom stereocenters. The number of amides is 4. The van der Waals surface area contributed by atoms with Crippen LogP contribution in [0.1, 0.15) is 50.3 Å². The Morgan fingerprint density at radius 3 is 2.64 bits per heavy atom. The van der Waals surface area contributed by atoms with Gasteiger partial charge in [0.05, 0.1) is 5.69 Å². The number of anilines is 1. The molecule has 2 aromatic rings. The van der Waals surface area contributed by atoms with Gasteiger partial charge in [-0.25, -0.2) is 0 Å². The van der Waals surface area contributed by atoms with E-state index in [0.29, 0.717) is 32.2 Å². The highest BCUT2D eigenvalue weighted by molar-refractivity contribution is 6.08. The standard InChI is InChI=1S/C27H33N5O4/c1-4-16(2)23(30-17(3)33)26(35)31-21-11-10-19-8-5-9-20-13-22(32(24(19)20)27(21)36)25(34)29-15-18-7-6-12-28-14-18/h5-9,12,14,16,21-23H,4,10-11,13,15H2,1-3H3,(H,29,34)(H,30,33)(H,31,35)/t16-,21-,22-,23-/m0/s1. The lowest BCUT2D eigenvalue weighted by Gasteiger charge is -2.29. The molecule has 0 saturated heterocycles. The fourth-order valence-corrected chi connectivity index (χ4v) is 4.97. The molecule has 1 aromatic heterocycles. The molecule has 3 heterocycles. The van der Waals surface area contributed by atoms with E-state index in [1.165, 1.54) is 6.92 Å². The van der Waals surface area contributed by atoms with E-state index < -0.39 is 18.1 Å². The molecule has 0 aliphatic carbocycles. The largest absolute Gasteiger partial charge is 0.350 e. The fourth-order valence-electron chi connectivity index (χ4n) is 4.97. The van der Waals surface area contributed by atoms with Crippen molar-refractivity contribution in [2.45, 2.75) is 71.1 Å². The molecule has 9 heteroatoms. The Kier molecular flexibility index (Phi) is 7.67. The maximum absolute atomic E-state index is 13.8. The van der Waals surface area contributed by atoms with E-state index >= 15 is 0 Å². The highest BCUT2D eigenvalue weighted by atomic mass is 16.2. The summed E-state index contributed by atoms with van der Waals surface area (Å²) in [5, 5.41) is 8.54. The molecule has 1 aromatic carbocycles. The van der Waals surface area contributed by atoms with E-state index in [-0.39, 0.29) is 29.5 Å². The van der Waals surface area contributed by atoms with Gasteiger partial charge in [-0.2, -0.15) is 0 Å². The quantitative estimate of drug-likeness (QED) is 0.519. The molecule has 0 fully saturated rings. The summed E-state index contributed by atoms with van der Waals surface area (Å²) in [6.45, 7) is 5.51. The normalized spacial score (nSPS) is 20.1. The van der Waals surface area contributed by atoms with Crippen LogP contribution in [0, 0.1) is 5.92 Å². The third kappa shape index (κ3) is 5.24. The average Bonchev–Trinajstić information content (AvgIpc) is 3.21. The lowest BCUT2D eigenvalue weighted by molar-refractivity contribution is -0.132. The third-order valence-electron chi connectivity index (χ3n) is 7.07. The SMILES string of the molecule is CC[C@H](C)[C@H](NC(C)=O)C(=O)N[C@H]1CCc2cccc3c2N(C1=O)[C@H](C(=O)NCc1cccnc1)C3. The molecule has 0 saturated carbocycles. The van der Waals surface area contributed by atoms with Crippen LogP contribution in [0.25, 0.3) is 0 Å². The number of pyridine rings is 1. The molecule has 0 spiro atoms. The maximum Gasteiger partial charge on any atom is 0.250 e. The summed E-state index contributed by atoms with van der Waals surface area (Å²) >= 11 is 0. The van der Waals surface area contributed by atoms with Gasteiger partial charge >= 0.3 is 0 Å². The van der Waals surface area contributed by atoms with Gasteiger partial charge in [-0.05, 0) is 41.5 Å². The highest BCUT2D eigenvalue weighted by Crippen LogP contribution is 2.39. The molecule has 4 rings (SSSR count). The van der Waals surface area contributed by atoms with E-state index in [2.05, 4.69) is 20.9 Å². The summed E-state index contributed by atoms with van der Waals surface area (Å²) in [4.78, 5) is 57.6. The van der Waals surface area contributed by atoms with Crippen LogP contribution < -0.4 is 20.9 Å². The first kappa shape index (κ1) is 25.3. The first-order chi connectivity index (χ1) is 17.3. The number of rotatable bonds is 8. The Bertz CT molecular complexity index is 1150. The number of carbonyl (C=O) groups excluding carboxylic acids is 4. The van der Waals surface area contributed by atoms with E-state index in [9.17, 15) is 19.2 Å². The number of aryl methyl sites for hydroxylation is 1. The Balaban J connectivity index is 1.56. The maximum atomic E-state index is 13.8. The van der Waals surface area contributed by atoms with Gasteiger partial charge in [0.25, 0.3) is 0 Å². The van der Waals surface area contributed by atoms with Crippen molar-refractivity contribution in [1.29, 1.82) is 0 Å². The van der Waals surface area contributed by atoms with Gasteiger partial charge in [-0.15, -0.1) is 0 Å². The Morgan fingerprint density at radius 2 is 1.94 bits per heavy atom. The van der Waals surface area contributed by atoms with E-state index in [0.717, 1.165) is 22.4 Å². The number of para-hydroxylation sites is 1. The summed E-state index contributed by atoms with van der Waals surface area (Å²) in [7, 11) is 0. The van der Waals surface area contributed by atoms with Crippen molar-refractivity contribution in [1.82, 2.24) is 20.9 Å². The summed E-state index contributed by atoms with van der Waals surface area (Å²) in [5.74, 6) is -1.35. The zero-order valence-corrected chi connectivity index (χ0v) is 20.9. The van der Waals surface area contributed by atoms with Crippen molar-refractivity contribution in [2.24, 2.45) is 5.92 Å². The van der Waals surface area contributed by atoms with Crippen LogP contribution >= 0.6 is 0 Å². The third-order valence-corrected chi connectivity index (χ3v) is 7.07. The van der Waals surface area contributed by atoms with Crippen LogP contribution in [0.4, 0.5) is 5.69 Å². The zero-order valence-electron chi connectivity index (χ0n) is 20.9. The van der Waals surface area contributed by atoms with Crippen molar-refractivity contribution in [3.05, 3.63) is 59.4 Å². The molecule has 2 aliphatic heterocycles. The topological polar surface area (TPSA) is 121 Å². The van der Waals surface area contributed by atoms with Crippen LogP contribution in [0.3, 0.4) is 0 Å². The summed E-state index contributed by atoms with van der Waals surface area (Å²) in [5.41, 5.74) is 3.58. The van der Waals surface area contributed by atoms with Gasteiger partial charge < -0.3 is 16.0 Å². The van der Waals surface area contributed by atoms with Crippen LogP contribution in [0.2, 0.25) is 0 Å². The Hall–Kier alpha value is -3.75. The lowest BCUT2D eigenvalue weighted by Crippen LogP contribution is -2.58. The molecule has 4 amide bonds. The molecule has 9 nitrogen and oxygen atoms in total. The van der Waals surface area contributed by atoms with Crippen LogP contribution in [0.5, 0.6) is 0 Å². The van der Waals surface area contributed by atoms with Crippen LogP contribution in [0.15, 0.2) is 42.7 Å². The van der Waals surface area contributed by atoms with Gasteiger partial charge in [0.15, 0.2) is 0 Å². The van der Waals surface area contributed by atoms with Gasteiger partial charge in [0.1, 0.15) is 18.1 Å². The minimum absolute atomic E-state index is 0.101. The summed E-state index contributed by atoms with van der Waals surface area (Å²) < 4.78 is 0. The molecule has 3 N–H and O–H groups in total. The second-order valence-electron chi connectivity index (χ2n) is 9.60. The van der Waals surface area contributed by atoms with Crippen molar-refractivity contribution < 1.29 is 19.2 Å². The molecule has 0 bridgehead atoms. The number of nitrogens with one attached hydrogen (secondary N) is 3. The highest BCUT2D eigenvalue weighted by Gasteiger charge is 2.44. The van der Waals surface area contributed by atoms with Crippen molar-refractivity contribution >= 4 is 29.3 Å². The van der Waals surface area contributed by atoms with Crippen molar-refractivity contribution in [2.75, 3.05) is 4.90 Å². The Morgan fingerprint density at radius 1 is 1.17 bits per heavy atom. The number of carbonyl (C=O) groups is 4.